The minimum absolute atomic E-state index is 0.0866. The second-order valence-electron chi connectivity index (χ2n) is 7.53. The maximum atomic E-state index is 12.8. The summed E-state index contributed by atoms with van der Waals surface area (Å²) in [5.41, 5.74) is 1.68. The number of amides is 1. The summed E-state index contributed by atoms with van der Waals surface area (Å²) >= 11 is 0. The number of aryl methyl sites for hydroxylation is 3. The number of piperidine rings is 1. The number of hydrogen-bond acceptors (Lipinski definition) is 6. The average molecular weight is 359 g/mol. The second kappa shape index (κ2) is 6.50. The van der Waals surface area contributed by atoms with Gasteiger partial charge in [-0.25, -0.2) is 0 Å². The maximum absolute atomic E-state index is 12.8. The van der Waals surface area contributed by atoms with Crippen LogP contribution in [0.4, 0.5) is 0 Å². The lowest BCUT2D eigenvalue weighted by atomic mass is 9.60. The molecule has 3 heterocycles. The van der Waals surface area contributed by atoms with Crippen molar-refractivity contribution in [2.24, 2.45) is 12.5 Å². The molecule has 2 aromatic rings. The Labute approximate surface area is 152 Å². The number of rotatable bonds is 4. The molecule has 2 aliphatic rings. The van der Waals surface area contributed by atoms with Crippen LogP contribution in [-0.4, -0.2) is 49.9 Å². The van der Waals surface area contributed by atoms with Gasteiger partial charge in [-0.3, -0.25) is 9.48 Å². The number of ether oxygens (including phenoxy) is 1. The van der Waals surface area contributed by atoms with E-state index >= 15 is 0 Å². The minimum atomic E-state index is 0.0866. The Morgan fingerprint density at radius 1 is 1.35 bits per heavy atom. The predicted octanol–water partition coefficient (Wildman–Crippen LogP) is 2.02. The van der Waals surface area contributed by atoms with Gasteiger partial charge < -0.3 is 14.2 Å². The molecule has 1 saturated carbocycles. The van der Waals surface area contributed by atoms with Crippen LogP contribution in [0.15, 0.2) is 10.7 Å². The van der Waals surface area contributed by atoms with Crippen molar-refractivity contribution in [3.8, 4) is 0 Å². The molecule has 1 saturated heterocycles. The highest BCUT2D eigenvalue weighted by Crippen LogP contribution is 2.51. The zero-order valence-electron chi connectivity index (χ0n) is 15.6. The molecule has 1 spiro atoms. The topological polar surface area (TPSA) is 86.3 Å². The first-order chi connectivity index (χ1) is 12.5. The van der Waals surface area contributed by atoms with Crippen molar-refractivity contribution in [3.63, 3.8) is 0 Å². The van der Waals surface area contributed by atoms with Crippen LogP contribution < -0.4 is 0 Å². The van der Waals surface area contributed by atoms with Gasteiger partial charge in [-0.2, -0.15) is 10.1 Å². The lowest BCUT2D eigenvalue weighted by molar-refractivity contribution is -0.143. The zero-order chi connectivity index (χ0) is 18.3. The van der Waals surface area contributed by atoms with E-state index in [9.17, 15) is 4.79 Å². The molecule has 1 aliphatic heterocycles. The van der Waals surface area contributed by atoms with Crippen LogP contribution in [0.25, 0.3) is 0 Å². The maximum Gasteiger partial charge on any atom is 0.257 e. The second-order valence-corrected chi connectivity index (χ2v) is 7.53. The molecular weight excluding hydrogens is 334 g/mol. The van der Waals surface area contributed by atoms with Crippen LogP contribution in [0.1, 0.15) is 53.5 Å². The Morgan fingerprint density at radius 3 is 2.65 bits per heavy atom. The van der Waals surface area contributed by atoms with E-state index in [-0.39, 0.29) is 17.4 Å². The van der Waals surface area contributed by atoms with Crippen LogP contribution in [0, 0.1) is 19.3 Å². The lowest BCUT2D eigenvalue weighted by Crippen LogP contribution is -2.54. The van der Waals surface area contributed by atoms with Gasteiger partial charge in [0.1, 0.15) is 6.61 Å². The number of carbonyl (C=O) groups excluding carboxylic acids is 1. The lowest BCUT2D eigenvalue weighted by Gasteiger charge is -2.53. The molecule has 8 nitrogen and oxygen atoms in total. The molecular formula is C18H25N5O3. The molecule has 0 aromatic carbocycles. The summed E-state index contributed by atoms with van der Waals surface area (Å²) in [5.74, 6) is 1.25. The summed E-state index contributed by atoms with van der Waals surface area (Å²) < 4.78 is 12.9. The molecule has 4 rings (SSSR count). The Kier molecular flexibility index (Phi) is 4.30. The summed E-state index contributed by atoms with van der Waals surface area (Å²) in [6.45, 7) is 5.59. The number of aromatic nitrogens is 4. The minimum Gasteiger partial charge on any atom is -0.368 e. The first kappa shape index (κ1) is 17.2. The number of hydrogen-bond donors (Lipinski definition) is 0. The molecule has 2 aromatic heterocycles. The van der Waals surface area contributed by atoms with E-state index in [2.05, 4.69) is 15.2 Å². The van der Waals surface area contributed by atoms with Gasteiger partial charge in [0.15, 0.2) is 5.82 Å². The van der Waals surface area contributed by atoms with Crippen molar-refractivity contribution in [2.45, 2.75) is 52.2 Å². The highest BCUT2D eigenvalue weighted by molar-refractivity contribution is 5.95. The smallest absolute Gasteiger partial charge is 0.257 e. The molecule has 1 atom stereocenters. The van der Waals surface area contributed by atoms with Gasteiger partial charge in [0, 0.05) is 31.7 Å². The third-order valence-electron chi connectivity index (χ3n) is 5.86. The summed E-state index contributed by atoms with van der Waals surface area (Å²) in [6.07, 6.45) is 6.20. The van der Waals surface area contributed by atoms with Crippen molar-refractivity contribution in [3.05, 3.63) is 29.2 Å². The Balaban J connectivity index is 1.34. The third kappa shape index (κ3) is 3.02. The molecule has 1 unspecified atom stereocenters. The fraction of sp³-hybridized carbons (Fsp3) is 0.667. The third-order valence-corrected chi connectivity index (χ3v) is 5.86. The molecule has 0 bridgehead atoms. The van der Waals surface area contributed by atoms with Gasteiger partial charge in [-0.15, -0.1) is 0 Å². The Morgan fingerprint density at radius 2 is 2.12 bits per heavy atom. The molecule has 2 fully saturated rings. The van der Waals surface area contributed by atoms with Gasteiger partial charge in [-0.1, -0.05) is 5.16 Å². The highest BCUT2D eigenvalue weighted by Gasteiger charge is 2.49. The molecule has 0 N–H and O–H groups in total. The molecule has 26 heavy (non-hydrogen) atoms. The standard InChI is InChI=1S/C18H25N5O3/c1-12-14(10-22(3)20-12)17(24)23-8-6-18(7-9-23)5-4-15(18)25-11-16-19-13(2)21-26-16/h10,15H,4-9,11H2,1-3H3. The van der Waals surface area contributed by atoms with E-state index in [1.807, 2.05) is 25.1 Å². The van der Waals surface area contributed by atoms with E-state index in [0.717, 1.165) is 44.5 Å². The van der Waals surface area contributed by atoms with Crippen molar-refractivity contribution in [2.75, 3.05) is 13.1 Å². The van der Waals surface area contributed by atoms with Crippen molar-refractivity contribution >= 4 is 5.91 Å². The highest BCUT2D eigenvalue weighted by atomic mass is 16.5. The molecule has 1 amide bonds. The number of likely N-dealkylation sites (tertiary alicyclic amines) is 1. The van der Waals surface area contributed by atoms with E-state index in [0.29, 0.717) is 23.9 Å². The first-order valence-electron chi connectivity index (χ1n) is 9.17. The molecule has 8 heteroatoms. The quantitative estimate of drug-likeness (QED) is 0.830. The Bertz CT molecular complexity index is 804. The first-order valence-corrected chi connectivity index (χ1v) is 9.17. The van der Waals surface area contributed by atoms with E-state index < -0.39 is 0 Å². The molecule has 140 valence electrons. The number of nitrogens with zero attached hydrogens (tertiary/aromatic N) is 5. The average Bonchev–Trinajstić information content (AvgIpc) is 3.18. The fourth-order valence-electron chi connectivity index (χ4n) is 4.21. The number of carbonyl (C=O) groups is 1. The Hall–Kier alpha value is -2.22. The fourth-order valence-corrected chi connectivity index (χ4v) is 4.21. The van der Waals surface area contributed by atoms with Crippen molar-refractivity contribution in [1.82, 2.24) is 24.8 Å². The summed E-state index contributed by atoms with van der Waals surface area (Å²) in [6, 6.07) is 0. The normalized spacial score (nSPS) is 21.8. The monoisotopic (exact) mass is 359 g/mol. The largest absolute Gasteiger partial charge is 0.368 e. The van der Waals surface area contributed by atoms with Gasteiger partial charge in [-0.05, 0) is 39.5 Å². The van der Waals surface area contributed by atoms with Gasteiger partial charge >= 0.3 is 0 Å². The predicted molar refractivity (Wildman–Crippen MR) is 92.4 cm³/mol. The van der Waals surface area contributed by atoms with Crippen molar-refractivity contribution in [1.29, 1.82) is 0 Å². The van der Waals surface area contributed by atoms with Crippen molar-refractivity contribution < 1.29 is 14.1 Å². The van der Waals surface area contributed by atoms with Crippen LogP contribution >= 0.6 is 0 Å². The van der Waals surface area contributed by atoms with Gasteiger partial charge in [0.25, 0.3) is 11.8 Å². The summed E-state index contributed by atoms with van der Waals surface area (Å²) in [7, 11) is 1.84. The van der Waals surface area contributed by atoms with E-state index in [4.69, 9.17) is 9.26 Å². The van der Waals surface area contributed by atoms with Gasteiger partial charge in [0.05, 0.1) is 17.4 Å². The van der Waals surface area contributed by atoms with Crippen LogP contribution in [0.5, 0.6) is 0 Å². The van der Waals surface area contributed by atoms with Crippen LogP contribution in [0.2, 0.25) is 0 Å². The molecule has 1 aliphatic carbocycles. The molecule has 0 radical (unpaired) electrons. The van der Waals surface area contributed by atoms with E-state index in [1.165, 1.54) is 0 Å². The zero-order valence-corrected chi connectivity index (χ0v) is 15.6. The summed E-state index contributed by atoms with van der Waals surface area (Å²) in [5, 5.41) is 8.07. The van der Waals surface area contributed by atoms with E-state index in [1.54, 1.807) is 11.6 Å². The summed E-state index contributed by atoms with van der Waals surface area (Å²) in [4.78, 5) is 18.9. The van der Waals surface area contributed by atoms with Gasteiger partial charge in [0.2, 0.25) is 0 Å². The SMILES string of the molecule is Cc1noc(COC2CCC23CCN(C(=O)c2cn(C)nc2C)CC3)n1. The van der Waals surface area contributed by atoms with Crippen LogP contribution in [0.3, 0.4) is 0 Å². The van der Waals surface area contributed by atoms with Crippen LogP contribution in [-0.2, 0) is 18.4 Å².